The monoisotopic (exact) mass is 286 g/mol. The summed E-state index contributed by atoms with van der Waals surface area (Å²) in [5.41, 5.74) is 8.46. The average molecular weight is 286 g/mol. The zero-order chi connectivity index (χ0) is 15.2. The van der Waals surface area contributed by atoms with E-state index in [9.17, 15) is 4.39 Å². The predicted molar refractivity (Wildman–Crippen MR) is 84.1 cm³/mol. The second kappa shape index (κ2) is 6.88. The van der Waals surface area contributed by atoms with Crippen LogP contribution in [0.3, 0.4) is 0 Å². The number of rotatable bonds is 5. The van der Waals surface area contributed by atoms with Crippen molar-refractivity contribution in [3.63, 3.8) is 0 Å². The standard InChI is InChI=1S/C17H19FN2O/c1-12(18)11-13-7-9-14(10-8-13)20-17(19)15-5-3-4-6-16(15)21-2/h3-10,12H,11H2,1-2H3,(H2,19,20). The largest absolute Gasteiger partial charge is 0.496 e. The summed E-state index contributed by atoms with van der Waals surface area (Å²) < 4.78 is 18.2. The fourth-order valence-electron chi connectivity index (χ4n) is 2.09. The quantitative estimate of drug-likeness (QED) is 0.674. The normalized spacial score (nSPS) is 13.0. The molecule has 0 fully saturated rings. The third-order valence-electron chi connectivity index (χ3n) is 3.09. The van der Waals surface area contributed by atoms with Crippen molar-refractivity contribution in [2.45, 2.75) is 19.5 Å². The second-order valence-electron chi connectivity index (χ2n) is 4.85. The van der Waals surface area contributed by atoms with Crippen LogP contribution in [0.1, 0.15) is 18.1 Å². The Balaban J connectivity index is 2.22. The molecule has 1 atom stereocenters. The number of alkyl halides is 1. The third-order valence-corrected chi connectivity index (χ3v) is 3.09. The van der Waals surface area contributed by atoms with Crippen molar-refractivity contribution in [2.75, 3.05) is 7.11 Å². The molecule has 3 nitrogen and oxygen atoms in total. The molecule has 0 bridgehead atoms. The van der Waals surface area contributed by atoms with Crippen LogP contribution in [-0.4, -0.2) is 19.1 Å². The van der Waals surface area contributed by atoms with E-state index in [-0.39, 0.29) is 0 Å². The fraction of sp³-hybridized carbons (Fsp3) is 0.235. The first-order chi connectivity index (χ1) is 10.1. The summed E-state index contributed by atoms with van der Waals surface area (Å²) in [4.78, 5) is 4.38. The lowest BCUT2D eigenvalue weighted by Crippen LogP contribution is -2.14. The molecule has 0 spiro atoms. The summed E-state index contributed by atoms with van der Waals surface area (Å²) in [7, 11) is 1.60. The van der Waals surface area contributed by atoms with E-state index in [0.717, 1.165) is 16.8 Å². The van der Waals surface area contributed by atoms with Crippen LogP contribution in [0, 0.1) is 0 Å². The van der Waals surface area contributed by atoms with Crippen molar-refractivity contribution in [1.82, 2.24) is 0 Å². The summed E-state index contributed by atoms with van der Waals surface area (Å²) >= 11 is 0. The van der Waals surface area contributed by atoms with Gasteiger partial charge >= 0.3 is 0 Å². The Kier molecular flexibility index (Phi) is 4.93. The Bertz CT molecular complexity index is 621. The maximum atomic E-state index is 12.9. The van der Waals surface area contributed by atoms with E-state index >= 15 is 0 Å². The van der Waals surface area contributed by atoms with Crippen molar-refractivity contribution in [1.29, 1.82) is 0 Å². The summed E-state index contributed by atoms with van der Waals surface area (Å²) in [6.45, 7) is 1.55. The number of methoxy groups -OCH3 is 1. The lowest BCUT2D eigenvalue weighted by Gasteiger charge is -2.08. The number of amidine groups is 1. The van der Waals surface area contributed by atoms with E-state index < -0.39 is 6.17 Å². The minimum atomic E-state index is -0.849. The minimum Gasteiger partial charge on any atom is -0.496 e. The number of hydrogen-bond donors (Lipinski definition) is 1. The number of ether oxygens (including phenoxy) is 1. The van der Waals surface area contributed by atoms with Gasteiger partial charge in [-0.3, -0.25) is 0 Å². The summed E-state index contributed by atoms with van der Waals surface area (Å²) in [5.74, 6) is 1.07. The Labute approximate surface area is 124 Å². The molecule has 21 heavy (non-hydrogen) atoms. The van der Waals surface area contributed by atoms with Gasteiger partial charge in [-0.05, 0) is 36.8 Å². The predicted octanol–water partition coefficient (Wildman–Crippen LogP) is 3.63. The van der Waals surface area contributed by atoms with Crippen LogP contribution in [0.2, 0.25) is 0 Å². The minimum absolute atomic E-state index is 0.388. The summed E-state index contributed by atoms with van der Waals surface area (Å²) in [5, 5.41) is 0. The fourth-order valence-corrected chi connectivity index (χ4v) is 2.09. The molecule has 4 heteroatoms. The van der Waals surface area contributed by atoms with E-state index in [1.807, 2.05) is 48.5 Å². The van der Waals surface area contributed by atoms with Crippen molar-refractivity contribution in [3.8, 4) is 5.75 Å². The third kappa shape index (κ3) is 4.05. The number of nitrogens with zero attached hydrogens (tertiary/aromatic N) is 1. The highest BCUT2D eigenvalue weighted by Gasteiger charge is 2.06. The topological polar surface area (TPSA) is 47.6 Å². The molecule has 2 aromatic carbocycles. The van der Waals surface area contributed by atoms with Gasteiger partial charge in [0.05, 0.1) is 18.4 Å². The highest BCUT2D eigenvalue weighted by atomic mass is 19.1. The van der Waals surface area contributed by atoms with Crippen LogP contribution in [0.15, 0.2) is 53.5 Å². The SMILES string of the molecule is COc1ccccc1C(N)=Nc1ccc(CC(C)F)cc1. The Morgan fingerprint density at radius 2 is 1.86 bits per heavy atom. The molecule has 0 aliphatic rings. The molecule has 0 saturated carbocycles. The van der Waals surface area contributed by atoms with E-state index in [1.165, 1.54) is 0 Å². The molecule has 1 unspecified atom stereocenters. The van der Waals surface area contributed by atoms with Gasteiger partial charge in [0, 0.05) is 6.42 Å². The number of benzene rings is 2. The van der Waals surface area contributed by atoms with Crippen molar-refractivity contribution in [2.24, 2.45) is 10.7 Å². The molecule has 0 saturated heterocycles. The molecular weight excluding hydrogens is 267 g/mol. The Hall–Kier alpha value is -2.36. The van der Waals surface area contributed by atoms with Crippen LogP contribution in [-0.2, 0) is 6.42 Å². The van der Waals surface area contributed by atoms with Gasteiger partial charge in [0.2, 0.25) is 0 Å². The molecule has 0 aromatic heterocycles. The van der Waals surface area contributed by atoms with Crippen LogP contribution in [0.25, 0.3) is 0 Å². The Morgan fingerprint density at radius 3 is 2.48 bits per heavy atom. The number of hydrogen-bond acceptors (Lipinski definition) is 2. The second-order valence-corrected chi connectivity index (χ2v) is 4.85. The Morgan fingerprint density at radius 1 is 1.19 bits per heavy atom. The summed E-state index contributed by atoms with van der Waals surface area (Å²) in [6, 6.07) is 14.9. The van der Waals surface area contributed by atoms with Gasteiger partial charge in [0.25, 0.3) is 0 Å². The van der Waals surface area contributed by atoms with Gasteiger partial charge in [0.15, 0.2) is 0 Å². The highest BCUT2D eigenvalue weighted by molar-refractivity contribution is 6.01. The molecule has 2 rings (SSSR count). The van der Waals surface area contributed by atoms with E-state index in [2.05, 4.69) is 4.99 Å². The molecule has 0 heterocycles. The van der Waals surface area contributed by atoms with Gasteiger partial charge in [0.1, 0.15) is 17.8 Å². The first-order valence-corrected chi connectivity index (χ1v) is 6.80. The molecule has 110 valence electrons. The van der Waals surface area contributed by atoms with Crippen LogP contribution >= 0.6 is 0 Å². The van der Waals surface area contributed by atoms with Crippen molar-refractivity contribution in [3.05, 3.63) is 59.7 Å². The summed E-state index contributed by atoms with van der Waals surface area (Å²) in [6.07, 6.45) is -0.440. The van der Waals surface area contributed by atoms with Crippen LogP contribution < -0.4 is 10.5 Å². The first-order valence-electron chi connectivity index (χ1n) is 6.80. The first kappa shape index (κ1) is 15.0. The number of halogens is 1. The maximum Gasteiger partial charge on any atom is 0.135 e. The molecule has 0 radical (unpaired) electrons. The number of para-hydroxylation sites is 1. The molecule has 0 amide bonds. The molecule has 2 aromatic rings. The molecule has 0 aliphatic heterocycles. The van der Waals surface area contributed by atoms with E-state index in [1.54, 1.807) is 14.0 Å². The van der Waals surface area contributed by atoms with Gasteiger partial charge in [-0.1, -0.05) is 24.3 Å². The smallest absolute Gasteiger partial charge is 0.135 e. The number of aliphatic imine (C=N–C) groups is 1. The van der Waals surface area contributed by atoms with Gasteiger partial charge in [-0.15, -0.1) is 0 Å². The van der Waals surface area contributed by atoms with E-state index in [0.29, 0.717) is 18.0 Å². The molecular formula is C17H19FN2O. The zero-order valence-electron chi connectivity index (χ0n) is 12.2. The van der Waals surface area contributed by atoms with Crippen molar-refractivity contribution < 1.29 is 9.13 Å². The highest BCUT2D eigenvalue weighted by Crippen LogP contribution is 2.20. The van der Waals surface area contributed by atoms with Crippen LogP contribution in [0.5, 0.6) is 5.75 Å². The van der Waals surface area contributed by atoms with Crippen molar-refractivity contribution >= 4 is 11.5 Å². The lowest BCUT2D eigenvalue weighted by atomic mass is 10.1. The average Bonchev–Trinajstić information content (AvgIpc) is 2.48. The molecule has 0 aliphatic carbocycles. The lowest BCUT2D eigenvalue weighted by molar-refractivity contribution is 0.360. The zero-order valence-corrected chi connectivity index (χ0v) is 12.2. The van der Waals surface area contributed by atoms with Gasteiger partial charge in [-0.2, -0.15) is 0 Å². The number of nitrogens with two attached hydrogens (primary N) is 1. The molecule has 2 N–H and O–H groups in total. The van der Waals surface area contributed by atoms with Gasteiger partial charge < -0.3 is 10.5 Å². The van der Waals surface area contributed by atoms with Gasteiger partial charge in [-0.25, -0.2) is 9.38 Å². The van der Waals surface area contributed by atoms with E-state index in [4.69, 9.17) is 10.5 Å². The maximum absolute atomic E-state index is 12.9. The van der Waals surface area contributed by atoms with Crippen LogP contribution in [0.4, 0.5) is 10.1 Å².